The molecule has 0 amide bonds. The van der Waals surface area contributed by atoms with Crippen molar-refractivity contribution in [2.45, 2.75) is 45.1 Å². The van der Waals surface area contributed by atoms with Crippen molar-refractivity contribution in [1.82, 2.24) is 10.2 Å². The Labute approximate surface area is 101 Å². The van der Waals surface area contributed by atoms with Crippen LogP contribution in [0.2, 0.25) is 0 Å². The van der Waals surface area contributed by atoms with Gasteiger partial charge in [-0.25, -0.2) is 0 Å². The van der Waals surface area contributed by atoms with E-state index in [1.807, 2.05) is 0 Å². The van der Waals surface area contributed by atoms with Crippen molar-refractivity contribution in [3.63, 3.8) is 0 Å². The number of unbranched alkanes of at least 4 members (excludes halogenated alkanes) is 1. The van der Waals surface area contributed by atoms with E-state index >= 15 is 0 Å². The first-order chi connectivity index (χ1) is 7.83. The van der Waals surface area contributed by atoms with Crippen LogP contribution in [0.1, 0.15) is 39.0 Å². The second-order valence-corrected chi connectivity index (χ2v) is 4.83. The van der Waals surface area contributed by atoms with Gasteiger partial charge in [0.15, 0.2) is 0 Å². The van der Waals surface area contributed by atoms with E-state index in [4.69, 9.17) is 4.74 Å². The second-order valence-electron chi connectivity index (χ2n) is 4.83. The molecule has 1 saturated heterocycles. The van der Waals surface area contributed by atoms with E-state index in [1.165, 1.54) is 45.2 Å². The molecule has 0 aromatic rings. The summed E-state index contributed by atoms with van der Waals surface area (Å²) in [5, 5.41) is 3.42. The van der Waals surface area contributed by atoms with Crippen LogP contribution in [0.5, 0.6) is 0 Å². The summed E-state index contributed by atoms with van der Waals surface area (Å²) in [5.74, 6) is 0. The molecule has 1 fully saturated rings. The average Bonchev–Trinajstić information content (AvgIpc) is 2.30. The quantitative estimate of drug-likeness (QED) is 0.642. The lowest BCUT2D eigenvalue weighted by atomic mass is 10.1. The van der Waals surface area contributed by atoms with Gasteiger partial charge in [0.1, 0.15) is 0 Å². The van der Waals surface area contributed by atoms with Gasteiger partial charge in [0.25, 0.3) is 0 Å². The molecule has 1 rings (SSSR count). The lowest BCUT2D eigenvalue weighted by Gasteiger charge is -2.28. The molecule has 0 aromatic carbocycles. The van der Waals surface area contributed by atoms with Crippen molar-refractivity contribution < 1.29 is 4.74 Å². The van der Waals surface area contributed by atoms with Gasteiger partial charge in [-0.05, 0) is 52.2 Å². The second kappa shape index (κ2) is 8.97. The number of hydrogen-bond acceptors (Lipinski definition) is 3. The van der Waals surface area contributed by atoms with E-state index in [-0.39, 0.29) is 0 Å². The fourth-order valence-electron chi connectivity index (χ4n) is 2.06. The highest BCUT2D eigenvalue weighted by Gasteiger charge is 2.16. The lowest BCUT2D eigenvalue weighted by molar-refractivity contribution is 0.0110. The van der Waals surface area contributed by atoms with Crippen LogP contribution in [0.15, 0.2) is 0 Å². The van der Waals surface area contributed by atoms with Gasteiger partial charge in [-0.3, -0.25) is 0 Å². The molecule has 0 aromatic heterocycles. The van der Waals surface area contributed by atoms with E-state index < -0.39 is 0 Å². The summed E-state index contributed by atoms with van der Waals surface area (Å²) in [5.41, 5.74) is 0. The summed E-state index contributed by atoms with van der Waals surface area (Å²) < 4.78 is 5.88. The first kappa shape index (κ1) is 13.9. The number of likely N-dealkylation sites (tertiary alicyclic amines) is 1. The summed E-state index contributed by atoms with van der Waals surface area (Å²) in [6.45, 7) is 7.84. The Morgan fingerprint density at radius 2 is 1.94 bits per heavy atom. The Balaban J connectivity index is 1.84. The van der Waals surface area contributed by atoms with Gasteiger partial charge in [0.2, 0.25) is 0 Å². The SMILES string of the molecule is CCCNCCCCOC1CCN(C)CC1. The van der Waals surface area contributed by atoms with E-state index in [0.717, 1.165) is 19.7 Å². The molecule has 3 heteroatoms. The maximum atomic E-state index is 5.88. The summed E-state index contributed by atoms with van der Waals surface area (Å²) in [6, 6.07) is 0. The van der Waals surface area contributed by atoms with Gasteiger partial charge in [-0.2, -0.15) is 0 Å². The van der Waals surface area contributed by atoms with E-state index in [2.05, 4.69) is 24.2 Å². The third-order valence-electron chi connectivity index (χ3n) is 3.19. The highest BCUT2D eigenvalue weighted by molar-refractivity contribution is 4.69. The Morgan fingerprint density at radius 3 is 2.62 bits per heavy atom. The van der Waals surface area contributed by atoms with E-state index in [9.17, 15) is 0 Å². The third-order valence-corrected chi connectivity index (χ3v) is 3.19. The van der Waals surface area contributed by atoms with Gasteiger partial charge in [0, 0.05) is 19.7 Å². The lowest BCUT2D eigenvalue weighted by Crippen LogP contribution is -2.34. The minimum Gasteiger partial charge on any atom is -0.378 e. The van der Waals surface area contributed by atoms with Crippen LogP contribution < -0.4 is 5.32 Å². The van der Waals surface area contributed by atoms with Crippen molar-refractivity contribution >= 4 is 0 Å². The first-order valence-corrected chi connectivity index (χ1v) is 6.83. The largest absolute Gasteiger partial charge is 0.378 e. The predicted octanol–water partition coefficient (Wildman–Crippen LogP) is 1.88. The minimum atomic E-state index is 0.528. The zero-order valence-corrected chi connectivity index (χ0v) is 11.0. The Morgan fingerprint density at radius 1 is 1.19 bits per heavy atom. The van der Waals surface area contributed by atoms with E-state index in [1.54, 1.807) is 0 Å². The summed E-state index contributed by atoms with van der Waals surface area (Å²) >= 11 is 0. The zero-order valence-electron chi connectivity index (χ0n) is 11.0. The summed E-state index contributed by atoms with van der Waals surface area (Å²) in [6.07, 6.45) is 6.62. The van der Waals surface area contributed by atoms with Gasteiger partial charge in [-0.1, -0.05) is 6.92 Å². The molecular formula is C13H28N2O. The number of hydrogen-bond donors (Lipinski definition) is 1. The topological polar surface area (TPSA) is 24.5 Å². The van der Waals surface area contributed by atoms with Crippen molar-refractivity contribution in [2.24, 2.45) is 0 Å². The monoisotopic (exact) mass is 228 g/mol. The number of ether oxygens (including phenoxy) is 1. The highest BCUT2D eigenvalue weighted by Crippen LogP contribution is 2.12. The number of nitrogens with one attached hydrogen (secondary N) is 1. The van der Waals surface area contributed by atoms with Crippen LogP contribution in [-0.4, -0.2) is 50.8 Å². The molecule has 1 aliphatic heterocycles. The van der Waals surface area contributed by atoms with Crippen LogP contribution in [-0.2, 0) is 4.74 Å². The summed E-state index contributed by atoms with van der Waals surface area (Å²) in [4.78, 5) is 2.38. The Bertz CT molecular complexity index is 156. The molecule has 0 saturated carbocycles. The number of piperidine rings is 1. The van der Waals surface area contributed by atoms with Gasteiger partial charge in [0.05, 0.1) is 6.10 Å². The fraction of sp³-hybridized carbons (Fsp3) is 1.00. The van der Waals surface area contributed by atoms with Crippen LogP contribution in [0.3, 0.4) is 0 Å². The maximum Gasteiger partial charge on any atom is 0.0599 e. The standard InChI is InChI=1S/C13H28N2O/c1-3-8-14-9-4-5-12-16-13-6-10-15(2)11-7-13/h13-14H,3-12H2,1-2H3. The van der Waals surface area contributed by atoms with Crippen LogP contribution in [0.25, 0.3) is 0 Å². The van der Waals surface area contributed by atoms with Crippen molar-refractivity contribution in [3.8, 4) is 0 Å². The average molecular weight is 228 g/mol. The maximum absolute atomic E-state index is 5.88. The molecule has 0 atom stereocenters. The molecule has 0 aliphatic carbocycles. The first-order valence-electron chi connectivity index (χ1n) is 6.83. The molecule has 1 aliphatic rings. The normalized spacial score (nSPS) is 19.1. The number of rotatable bonds is 8. The third kappa shape index (κ3) is 6.46. The molecular weight excluding hydrogens is 200 g/mol. The molecule has 1 N–H and O–H groups in total. The molecule has 0 spiro atoms. The smallest absolute Gasteiger partial charge is 0.0599 e. The van der Waals surface area contributed by atoms with Gasteiger partial charge < -0.3 is 15.0 Å². The van der Waals surface area contributed by atoms with Crippen molar-refractivity contribution in [3.05, 3.63) is 0 Å². The molecule has 96 valence electrons. The highest BCUT2D eigenvalue weighted by atomic mass is 16.5. The minimum absolute atomic E-state index is 0.528. The van der Waals surface area contributed by atoms with Gasteiger partial charge >= 0.3 is 0 Å². The molecule has 16 heavy (non-hydrogen) atoms. The Hall–Kier alpha value is -0.120. The Kier molecular flexibility index (Phi) is 7.81. The van der Waals surface area contributed by atoms with Crippen LogP contribution in [0.4, 0.5) is 0 Å². The zero-order chi connectivity index (χ0) is 11.6. The molecule has 3 nitrogen and oxygen atoms in total. The van der Waals surface area contributed by atoms with Crippen LogP contribution in [0, 0.1) is 0 Å². The molecule has 0 radical (unpaired) electrons. The van der Waals surface area contributed by atoms with Crippen molar-refractivity contribution in [2.75, 3.05) is 39.8 Å². The molecule has 0 unspecified atom stereocenters. The predicted molar refractivity (Wildman–Crippen MR) is 68.9 cm³/mol. The van der Waals surface area contributed by atoms with Crippen molar-refractivity contribution in [1.29, 1.82) is 0 Å². The molecule has 0 bridgehead atoms. The summed E-state index contributed by atoms with van der Waals surface area (Å²) in [7, 11) is 2.19. The van der Waals surface area contributed by atoms with Gasteiger partial charge in [-0.15, -0.1) is 0 Å². The fourth-order valence-corrected chi connectivity index (χ4v) is 2.06. The van der Waals surface area contributed by atoms with E-state index in [0.29, 0.717) is 6.10 Å². The van der Waals surface area contributed by atoms with Crippen LogP contribution >= 0.6 is 0 Å². The number of nitrogens with zero attached hydrogens (tertiary/aromatic N) is 1. The molecule has 1 heterocycles.